The second kappa shape index (κ2) is 9.31. The van der Waals surface area contributed by atoms with Gasteiger partial charge in [0.1, 0.15) is 19.3 Å². The Hall–Kier alpha value is -4.26. The van der Waals surface area contributed by atoms with E-state index in [2.05, 4.69) is 10.3 Å². The molecule has 0 saturated carbocycles. The molecule has 0 radical (unpaired) electrons. The fraction of sp³-hybridized carbons (Fsp3) is 0.185. The molecule has 7 nitrogen and oxygen atoms in total. The molecular formula is C27H25N3O4. The molecule has 0 fully saturated rings. The van der Waals surface area contributed by atoms with Gasteiger partial charge in [0.15, 0.2) is 11.5 Å². The number of nitrogens with zero attached hydrogens (tertiary/aromatic N) is 1. The first-order valence-electron chi connectivity index (χ1n) is 11.2. The van der Waals surface area contributed by atoms with Gasteiger partial charge >= 0.3 is 0 Å². The highest BCUT2D eigenvalue weighted by molar-refractivity contribution is 5.98. The average Bonchev–Trinajstić information content (AvgIpc) is 3.27. The number of aromatic amines is 1. The van der Waals surface area contributed by atoms with Gasteiger partial charge in [-0.05, 0) is 29.3 Å². The third-order valence-electron chi connectivity index (χ3n) is 5.97. The van der Waals surface area contributed by atoms with Crippen molar-refractivity contribution < 1.29 is 19.1 Å². The molecule has 172 valence electrons. The summed E-state index contributed by atoms with van der Waals surface area (Å²) in [6, 6.07) is 21.6. The summed E-state index contributed by atoms with van der Waals surface area (Å²) < 4.78 is 11.2. The monoisotopic (exact) mass is 455 g/mol. The number of nitrogens with one attached hydrogen (secondary N) is 2. The SMILES string of the molecule is CN(C(=O)Cc1c[nH]c2ccccc12)[C@H](C(=O)Nc1ccc2c(c1)OCCO2)c1ccccc1. The first kappa shape index (κ1) is 21.6. The van der Waals surface area contributed by atoms with Crippen LogP contribution in [0.15, 0.2) is 79.0 Å². The van der Waals surface area contributed by atoms with Crippen molar-refractivity contribution in [3.63, 3.8) is 0 Å². The van der Waals surface area contributed by atoms with Gasteiger partial charge in [-0.1, -0.05) is 48.5 Å². The quantitative estimate of drug-likeness (QED) is 0.454. The summed E-state index contributed by atoms with van der Waals surface area (Å²) >= 11 is 0. The van der Waals surface area contributed by atoms with Crippen molar-refractivity contribution in [1.82, 2.24) is 9.88 Å². The molecule has 0 saturated heterocycles. The van der Waals surface area contributed by atoms with E-state index in [0.717, 1.165) is 22.0 Å². The lowest BCUT2D eigenvalue weighted by molar-refractivity contribution is -0.136. The minimum absolute atomic E-state index is 0.157. The zero-order valence-electron chi connectivity index (χ0n) is 18.8. The average molecular weight is 456 g/mol. The molecule has 0 bridgehead atoms. The van der Waals surface area contributed by atoms with Crippen molar-refractivity contribution in [3.05, 3.63) is 90.1 Å². The predicted octanol–water partition coefficient (Wildman–Crippen LogP) is 4.32. The number of hydrogen-bond donors (Lipinski definition) is 2. The van der Waals surface area contributed by atoms with Gasteiger partial charge < -0.3 is 24.7 Å². The highest BCUT2D eigenvalue weighted by Crippen LogP contribution is 2.33. The summed E-state index contributed by atoms with van der Waals surface area (Å²) in [5, 5.41) is 3.94. The number of aromatic nitrogens is 1. The number of benzene rings is 3. The van der Waals surface area contributed by atoms with Crippen LogP contribution in [0.5, 0.6) is 11.5 Å². The maximum absolute atomic E-state index is 13.5. The molecule has 1 atom stereocenters. The zero-order valence-corrected chi connectivity index (χ0v) is 18.8. The maximum atomic E-state index is 13.5. The van der Waals surface area contributed by atoms with Crippen LogP contribution in [0.4, 0.5) is 5.69 Å². The maximum Gasteiger partial charge on any atom is 0.251 e. The number of H-pyrrole nitrogens is 1. The summed E-state index contributed by atoms with van der Waals surface area (Å²) in [4.78, 5) is 31.5. The van der Waals surface area contributed by atoms with Crippen molar-refractivity contribution in [2.75, 3.05) is 25.6 Å². The molecule has 5 rings (SSSR count). The molecule has 34 heavy (non-hydrogen) atoms. The minimum Gasteiger partial charge on any atom is -0.486 e. The molecule has 2 amide bonds. The van der Waals surface area contributed by atoms with Gasteiger partial charge in [-0.3, -0.25) is 9.59 Å². The van der Waals surface area contributed by atoms with Gasteiger partial charge in [0.25, 0.3) is 5.91 Å². The number of fused-ring (bicyclic) bond motifs is 2. The number of para-hydroxylation sites is 1. The number of anilines is 1. The third-order valence-corrected chi connectivity index (χ3v) is 5.97. The standard InChI is InChI=1S/C27H25N3O4/c1-30(25(31)15-19-17-28-22-10-6-5-9-21(19)22)26(18-7-3-2-4-8-18)27(32)29-20-11-12-23-24(16-20)34-14-13-33-23/h2-12,16-17,26,28H,13-15H2,1H3,(H,29,32)/t26-/m0/s1. The van der Waals surface area contributed by atoms with Crippen LogP contribution in [0.25, 0.3) is 10.9 Å². The smallest absolute Gasteiger partial charge is 0.251 e. The van der Waals surface area contributed by atoms with E-state index in [-0.39, 0.29) is 18.2 Å². The molecule has 2 N–H and O–H groups in total. The van der Waals surface area contributed by atoms with Gasteiger partial charge in [0.2, 0.25) is 5.91 Å². The number of rotatable bonds is 6. The first-order chi connectivity index (χ1) is 16.6. The highest BCUT2D eigenvalue weighted by Gasteiger charge is 2.29. The van der Waals surface area contributed by atoms with Crippen molar-refractivity contribution in [1.29, 1.82) is 0 Å². The van der Waals surface area contributed by atoms with Crippen molar-refractivity contribution in [2.45, 2.75) is 12.5 Å². The lowest BCUT2D eigenvalue weighted by Gasteiger charge is -2.28. The van der Waals surface area contributed by atoms with Gasteiger partial charge in [-0.15, -0.1) is 0 Å². The fourth-order valence-corrected chi connectivity index (χ4v) is 4.23. The minimum atomic E-state index is -0.799. The van der Waals surface area contributed by atoms with Crippen molar-refractivity contribution in [2.24, 2.45) is 0 Å². The van der Waals surface area contributed by atoms with Gasteiger partial charge in [0, 0.05) is 35.9 Å². The van der Waals surface area contributed by atoms with E-state index in [4.69, 9.17) is 9.47 Å². The second-order valence-corrected chi connectivity index (χ2v) is 8.20. The van der Waals surface area contributed by atoms with Crippen LogP contribution in [0.1, 0.15) is 17.2 Å². The van der Waals surface area contributed by atoms with E-state index >= 15 is 0 Å². The number of amides is 2. The summed E-state index contributed by atoms with van der Waals surface area (Å²) in [5.74, 6) is 0.771. The van der Waals surface area contributed by atoms with Crippen LogP contribution in [-0.4, -0.2) is 42.0 Å². The van der Waals surface area contributed by atoms with Gasteiger partial charge in [-0.2, -0.15) is 0 Å². The lowest BCUT2D eigenvalue weighted by Crippen LogP contribution is -2.39. The van der Waals surface area contributed by atoms with E-state index in [0.29, 0.717) is 30.4 Å². The fourth-order valence-electron chi connectivity index (χ4n) is 4.23. The van der Waals surface area contributed by atoms with Crippen LogP contribution in [0, 0.1) is 0 Å². The number of carbonyl (C=O) groups is 2. The lowest BCUT2D eigenvalue weighted by atomic mass is 10.0. The third kappa shape index (κ3) is 4.32. The van der Waals surface area contributed by atoms with Crippen molar-refractivity contribution in [3.8, 4) is 11.5 Å². The number of carbonyl (C=O) groups excluding carboxylic acids is 2. The number of ether oxygens (including phenoxy) is 2. The number of likely N-dealkylation sites (N-methyl/N-ethyl adjacent to an activating group) is 1. The molecule has 1 aromatic heterocycles. The topological polar surface area (TPSA) is 83.7 Å². The van der Waals surface area contributed by atoms with Gasteiger partial charge in [-0.25, -0.2) is 0 Å². The molecule has 0 spiro atoms. The Morgan fingerprint density at radius 3 is 2.53 bits per heavy atom. The van der Waals surface area contributed by atoms with Crippen LogP contribution in [0.3, 0.4) is 0 Å². The zero-order chi connectivity index (χ0) is 23.5. The summed E-state index contributed by atoms with van der Waals surface area (Å²) in [6.07, 6.45) is 2.03. The Kier molecular flexibility index (Phi) is 5.91. The van der Waals surface area contributed by atoms with E-state index in [1.807, 2.05) is 60.8 Å². The van der Waals surface area contributed by atoms with E-state index < -0.39 is 6.04 Å². The molecule has 0 unspecified atom stereocenters. The summed E-state index contributed by atoms with van der Waals surface area (Å²) in [7, 11) is 1.66. The summed E-state index contributed by atoms with van der Waals surface area (Å²) in [5.41, 5.74) is 3.18. The Morgan fingerprint density at radius 1 is 0.971 bits per heavy atom. The van der Waals surface area contributed by atoms with E-state index in [1.165, 1.54) is 4.90 Å². The highest BCUT2D eigenvalue weighted by atomic mass is 16.6. The Balaban J connectivity index is 1.39. The van der Waals surface area contributed by atoms with E-state index in [9.17, 15) is 9.59 Å². The molecular weight excluding hydrogens is 430 g/mol. The molecule has 2 heterocycles. The van der Waals surface area contributed by atoms with Gasteiger partial charge in [0.05, 0.1) is 6.42 Å². The first-order valence-corrected chi connectivity index (χ1v) is 11.2. The molecule has 7 heteroatoms. The molecule has 0 aliphatic carbocycles. The molecule has 1 aliphatic rings. The van der Waals surface area contributed by atoms with Crippen molar-refractivity contribution >= 4 is 28.4 Å². The predicted molar refractivity (Wildman–Crippen MR) is 130 cm³/mol. The second-order valence-electron chi connectivity index (χ2n) is 8.20. The largest absolute Gasteiger partial charge is 0.486 e. The van der Waals surface area contributed by atoms with Crippen LogP contribution >= 0.6 is 0 Å². The molecule has 1 aliphatic heterocycles. The normalized spacial score (nSPS) is 13.3. The summed E-state index contributed by atoms with van der Waals surface area (Å²) in [6.45, 7) is 0.959. The van der Waals surface area contributed by atoms with E-state index in [1.54, 1.807) is 25.2 Å². The van der Waals surface area contributed by atoms with Crippen LogP contribution in [0.2, 0.25) is 0 Å². The Labute approximate surface area is 197 Å². The molecule has 4 aromatic rings. The van der Waals surface area contributed by atoms with Crippen LogP contribution < -0.4 is 14.8 Å². The Morgan fingerprint density at radius 2 is 1.71 bits per heavy atom. The van der Waals surface area contributed by atoms with Crippen LogP contribution in [-0.2, 0) is 16.0 Å². The molecule has 3 aromatic carbocycles. The Bertz CT molecular complexity index is 1330. The number of hydrogen-bond acceptors (Lipinski definition) is 4.